The Hall–Kier alpha value is -2.51. The van der Waals surface area contributed by atoms with Crippen LogP contribution in [0.4, 0.5) is 0 Å². The molecule has 2 fully saturated rings. The van der Waals surface area contributed by atoms with E-state index in [-0.39, 0.29) is 0 Å². The van der Waals surface area contributed by atoms with Crippen molar-refractivity contribution in [1.82, 2.24) is 10.2 Å². The van der Waals surface area contributed by atoms with E-state index in [1.165, 1.54) is 0 Å². The zero-order valence-corrected chi connectivity index (χ0v) is 15.5. The smallest absolute Gasteiger partial charge is 0.327 e. The summed E-state index contributed by atoms with van der Waals surface area (Å²) >= 11 is 0. The number of hydrogen-bond acceptors (Lipinski definition) is 5. The molecule has 4 atom stereocenters. The highest BCUT2D eigenvalue weighted by Gasteiger charge is 2.68. The summed E-state index contributed by atoms with van der Waals surface area (Å²) in [5.74, 6) is -4.34. The maximum absolute atomic E-state index is 13.0. The Labute approximate surface area is 157 Å². The van der Waals surface area contributed by atoms with Gasteiger partial charge >= 0.3 is 5.97 Å². The number of carbonyl (C=O) groups excluding carboxylic acids is 2. The Kier molecular flexibility index (Phi) is 4.69. The van der Waals surface area contributed by atoms with E-state index < -0.39 is 53.3 Å². The lowest BCUT2D eigenvalue weighted by Gasteiger charge is -2.34. The number of fused-ring (bicyclic) bond motifs is 1. The normalized spacial score (nSPS) is 31.0. The number of rotatable bonds is 4. The number of carboxylic acid groups (broad SMARTS) is 1. The van der Waals surface area contributed by atoms with Crippen molar-refractivity contribution in [3.05, 3.63) is 42.0 Å². The first-order chi connectivity index (χ1) is 12.6. The monoisotopic (exact) mass is 372 g/mol. The third-order valence-corrected chi connectivity index (χ3v) is 5.29. The van der Waals surface area contributed by atoms with Gasteiger partial charge in [0.15, 0.2) is 5.54 Å². The van der Waals surface area contributed by atoms with Gasteiger partial charge in [-0.2, -0.15) is 0 Å². The van der Waals surface area contributed by atoms with E-state index in [1.807, 2.05) is 30.3 Å². The molecular formula is C20H24N2O5. The summed E-state index contributed by atoms with van der Waals surface area (Å²) in [4.78, 5) is 39.2. The predicted octanol–water partition coefficient (Wildman–Crippen LogP) is 0.887. The number of nitrogens with zero attached hydrogens (tertiary/aromatic N) is 1. The molecule has 0 saturated carbocycles. The van der Waals surface area contributed by atoms with E-state index in [2.05, 4.69) is 5.32 Å². The molecule has 0 aromatic heterocycles. The first-order valence-corrected chi connectivity index (χ1v) is 8.86. The van der Waals surface area contributed by atoms with Crippen molar-refractivity contribution in [2.24, 2.45) is 11.8 Å². The van der Waals surface area contributed by atoms with Gasteiger partial charge in [-0.05, 0) is 26.3 Å². The van der Waals surface area contributed by atoms with Gasteiger partial charge in [-0.1, -0.05) is 42.5 Å². The summed E-state index contributed by atoms with van der Waals surface area (Å²) in [6.07, 6.45) is 3.48. The second-order valence-electron chi connectivity index (χ2n) is 8.06. The summed E-state index contributed by atoms with van der Waals surface area (Å²) in [7, 11) is 0. The number of nitrogens with one attached hydrogen (secondary N) is 1. The molecule has 4 unspecified atom stereocenters. The average Bonchev–Trinajstić information content (AvgIpc) is 3.08. The van der Waals surface area contributed by atoms with Crippen LogP contribution in [0.15, 0.2) is 36.4 Å². The summed E-state index contributed by atoms with van der Waals surface area (Å²) < 4.78 is 0. The number of amides is 2. The standard InChI is InChI=1S/C20H24N2O5/c1-19(2,3)22-16(24)14-13(10-9-12-7-5-4-6-8-12)21-20(11-23,18(26)27)15(14)17(22)25/h4-10,13-15,21,23H,11H2,1-3H3,(H,26,27)/b10-9+. The van der Waals surface area contributed by atoms with E-state index >= 15 is 0 Å². The fourth-order valence-corrected chi connectivity index (χ4v) is 4.06. The van der Waals surface area contributed by atoms with Crippen molar-refractivity contribution in [3.8, 4) is 0 Å². The minimum absolute atomic E-state index is 0.413. The highest BCUT2D eigenvalue weighted by atomic mass is 16.4. The Balaban J connectivity index is 2.04. The molecule has 0 bridgehead atoms. The minimum atomic E-state index is -1.89. The quantitative estimate of drug-likeness (QED) is 0.678. The highest BCUT2D eigenvalue weighted by Crippen LogP contribution is 2.45. The number of aliphatic hydroxyl groups excluding tert-OH is 1. The fourth-order valence-electron chi connectivity index (χ4n) is 4.06. The largest absolute Gasteiger partial charge is 0.480 e. The molecule has 2 amide bonds. The van der Waals surface area contributed by atoms with E-state index in [1.54, 1.807) is 32.9 Å². The van der Waals surface area contributed by atoms with Crippen LogP contribution in [0.2, 0.25) is 0 Å². The molecule has 2 saturated heterocycles. The lowest BCUT2D eigenvalue weighted by Crippen LogP contribution is -2.60. The van der Waals surface area contributed by atoms with Gasteiger partial charge in [0, 0.05) is 11.6 Å². The second-order valence-corrected chi connectivity index (χ2v) is 8.06. The average molecular weight is 372 g/mol. The molecule has 3 rings (SSSR count). The van der Waals surface area contributed by atoms with Crippen LogP contribution in [-0.2, 0) is 14.4 Å². The number of carboxylic acids is 1. The molecule has 2 aliphatic rings. The summed E-state index contributed by atoms with van der Waals surface area (Å²) in [5, 5.41) is 22.5. The van der Waals surface area contributed by atoms with Crippen LogP contribution in [-0.4, -0.2) is 56.6 Å². The van der Waals surface area contributed by atoms with Crippen LogP contribution in [0.25, 0.3) is 6.08 Å². The van der Waals surface area contributed by atoms with Gasteiger partial charge in [0.2, 0.25) is 11.8 Å². The van der Waals surface area contributed by atoms with Crippen LogP contribution in [0.3, 0.4) is 0 Å². The molecule has 1 aromatic rings. The molecule has 7 nitrogen and oxygen atoms in total. The zero-order valence-electron chi connectivity index (χ0n) is 15.5. The van der Waals surface area contributed by atoms with Crippen LogP contribution >= 0.6 is 0 Å². The second kappa shape index (κ2) is 6.58. The molecule has 0 radical (unpaired) electrons. The zero-order chi connectivity index (χ0) is 20.0. The lowest BCUT2D eigenvalue weighted by molar-refractivity contribution is -0.155. The van der Waals surface area contributed by atoms with Crippen molar-refractivity contribution < 1.29 is 24.6 Å². The summed E-state index contributed by atoms with van der Waals surface area (Å²) in [6.45, 7) is 4.41. The Morgan fingerprint density at radius 1 is 1.22 bits per heavy atom. The summed E-state index contributed by atoms with van der Waals surface area (Å²) in [5.41, 5.74) is -1.77. The van der Waals surface area contributed by atoms with Crippen molar-refractivity contribution >= 4 is 23.9 Å². The van der Waals surface area contributed by atoms with Crippen molar-refractivity contribution in [2.75, 3.05) is 6.61 Å². The number of hydrogen-bond donors (Lipinski definition) is 3. The van der Waals surface area contributed by atoms with Gasteiger partial charge < -0.3 is 10.2 Å². The van der Waals surface area contributed by atoms with E-state index in [4.69, 9.17) is 0 Å². The highest BCUT2D eigenvalue weighted by molar-refractivity contribution is 6.10. The summed E-state index contributed by atoms with van der Waals surface area (Å²) in [6, 6.07) is 8.69. The fraction of sp³-hybridized carbons (Fsp3) is 0.450. The predicted molar refractivity (Wildman–Crippen MR) is 98.4 cm³/mol. The number of carbonyl (C=O) groups is 3. The third kappa shape index (κ3) is 2.96. The van der Waals surface area contributed by atoms with Crippen molar-refractivity contribution in [3.63, 3.8) is 0 Å². The number of likely N-dealkylation sites (tertiary alicyclic amines) is 1. The Morgan fingerprint density at radius 2 is 1.85 bits per heavy atom. The first kappa shape index (κ1) is 19.3. The molecule has 144 valence electrons. The Morgan fingerprint density at radius 3 is 2.37 bits per heavy atom. The van der Waals surface area contributed by atoms with Crippen LogP contribution in [0.5, 0.6) is 0 Å². The molecule has 1 aromatic carbocycles. The number of aliphatic carboxylic acids is 1. The van der Waals surface area contributed by atoms with Crippen LogP contribution < -0.4 is 5.32 Å². The molecule has 0 spiro atoms. The van der Waals surface area contributed by atoms with Crippen LogP contribution in [0, 0.1) is 11.8 Å². The van der Waals surface area contributed by atoms with E-state index in [9.17, 15) is 24.6 Å². The van der Waals surface area contributed by atoms with Gasteiger partial charge in [0.1, 0.15) is 0 Å². The minimum Gasteiger partial charge on any atom is -0.480 e. The van der Waals surface area contributed by atoms with Gasteiger partial charge in [0.05, 0.1) is 18.4 Å². The van der Waals surface area contributed by atoms with Gasteiger partial charge in [-0.15, -0.1) is 0 Å². The van der Waals surface area contributed by atoms with Crippen molar-refractivity contribution in [2.45, 2.75) is 37.9 Å². The number of imide groups is 1. The topological polar surface area (TPSA) is 107 Å². The molecule has 27 heavy (non-hydrogen) atoms. The van der Waals surface area contributed by atoms with E-state index in [0.29, 0.717) is 0 Å². The third-order valence-electron chi connectivity index (χ3n) is 5.29. The van der Waals surface area contributed by atoms with Gasteiger partial charge in [0.25, 0.3) is 0 Å². The number of benzene rings is 1. The Bertz CT molecular complexity index is 798. The SMILES string of the molecule is CC(C)(C)N1C(=O)C2C(/C=C/c3ccccc3)NC(CO)(C(=O)O)C2C1=O. The van der Waals surface area contributed by atoms with Crippen LogP contribution in [0.1, 0.15) is 26.3 Å². The molecular weight excluding hydrogens is 348 g/mol. The first-order valence-electron chi connectivity index (χ1n) is 8.86. The molecule has 2 aliphatic heterocycles. The molecule has 2 heterocycles. The van der Waals surface area contributed by atoms with E-state index in [0.717, 1.165) is 10.5 Å². The molecule has 0 aliphatic carbocycles. The number of aliphatic hydroxyl groups is 1. The molecule has 3 N–H and O–H groups in total. The van der Waals surface area contributed by atoms with Gasteiger partial charge in [-0.3, -0.25) is 24.6 Å². The maximum atomic E-state index is 13.0. The lowest BCUT2D eigenvalue weighted by atomic mass is 9.80. The van der Waals surface area contributed by atoms with Gasteiger partial charge in [-0.25, -0.2) is 0 Å². The maximum Gasteiger partial charge on any atom is 0.327 e. The van der Waals surface area contributed by atoms with Crippen molar-refractivity contribution in [1.29, 1.82) is 0 Å². The molecule has 7 heteroatoms.